The van der Waals surface area contributed by atoms with Crippen LogP contribution < -0.4 is 5.32 Å². The topological polar surface area (TPSA) is 64.6 Å². The number of hydrogen-bond acceptors (Lipinski definition) is 5. The molecule has 1 N–H and O–H groups in total. The van der Waals surface area contributed by atoms with Crippen molar-refractivity contribution in [2.75, 3.05) is 13.1 Å². The van der Waals surface area contributed by atoms with Crippen LogP contribution in [0.3, 0.4) is 0 Å². The third-order valence-electron chi connectivity index (χ3n) is 7.33. The minimum atomic E-state index is -0.0436. The van der Waals surface area contributed by atoms with Crippen molar-refractivity contribution in [1.29, 1.82) is 0 Å². The number of carbonyl (C=O) groups is 2. The molecule has 38 heavy (non-hydrogen) atoms. The van der Waals surface area contributed by atoms with Crippen molar-refractivity contribution in [3.8, 4) is 0 Å². The molecule has 0 aromatic heterocycles. The summed E-state index contributed by atoms with van der Waals surface area (Å²) in [6.07, 6.45) is 24.7. The quantitative estimate of drug-likeness (QED) is 0.0757. The van der Waals surface area contributed by atoms with Crippen LogP contribution in [-0.2, 0) is 19.1 Å². The zero-order valence-corrected chi connectivity index (χ0v) is 26.0. The fraction of sp³-hybridized carbons (Fsp3) is 0.939. The minimum absolute atomic E-state index is 0.0373. The lowest BCUT2D eigenvalue weighted by molar-refractivity contribution is -0.151. The van der Waals surface area contributed by atoms with E-state index in [2.05, 4.69) is 33.0 Å². The number of nitrogens with one attached hydrogen (secondary N) is 1. The molecule has 0 unspecified atom stereocenters. The van der Waals surface area contributed by atoms with E-state index in [0.717, 1.165) is 83.7 Å². The van der Waals surface area contributed by atoms with E-state index in [1.54, 1.807) is 0 Å². The van der Waals surface area contributed by atoms with E-state index in [0.29, 0.717) is 12.8 Å². The SMILES string of the molecule is CCCCCCC(CCCCCC)OC(=O)CCCNCCCCC(=O)OC(CCCCC)CCCCC. The Hall–Kier alpha value is -1.10. The fourth-order valence-corrected chi connectivity index (χ4v) is 4.86. The van der Waals surface area contributed by atoms with E-state index in [1.165, 1.54) is 64.2 Å². The van der Waals surface area contributed by atoms with Gasteiger partial charge in [0.15, 0.2) is 0 Å². The number of rotatable bonds is 29. The summed E-state index contributed by atoms with van der Waals surface area (Å²) in [4.78, 5) is 24.7. The number of hydrogen-bond donors (Lipinski definition) is 1. The van der Waals surface area contributed by atoms with Gasteiger partial charge in [0.05, 0.1) is 0 Å². The minimum Gasteiger partial charge on any atom is -0.462 e. The Morgan fingerprint density at radius 3 is 1.29 bits per heavy atom. The van der Waals surface area contributed by atoms with E-state index in [9.17, 15) is 9.59 Å². The van der Waals surface area contributed by atoms with E-state index in [4.69, 9.17) is 9.47 Å². The predicted octanol–water partition coefficient (Wildman–Crippen LogP) is 9.45. The van der Waals surface area contributed by atoms with Crippen LogP contribution in [0.2, 0.25) is 0 Å². The van der Waals surface area contributed by atoms with Crippen molar-refractivity contribution in [1.82, 2.24) is 5.32 Å². The summed E-state index contributed by atoms with van der Waals surface area (Å²) < 4.78 is 11.7. The second kappa shape index (κ2) is 28.9. The van der Waals surface area contributed by atoms with Crippen molar-refractivity contribution >= 4 is 11.9 Å². The summed E-state index contributed by atoms with van der Waals surface area (Å²) in [5.74, 6) is -0.0809. The van der Waals surface area contributed by atoms with E-state index >= 15 is 0 Å². The first-order valence-electron chi connectivity index (χ1n) is 16.7. The summed E-state index contributed by atoms with van der Waals surface area (Å²) in [7, 11) is 0. The molecule has 0 aliphatic heterocycles. The van der Waals surface area contributed by atoms with Crippen LogP contribution in [0.25, 0.3) is 0 Å². The third kappa shape index (κ3) is 25.2. The van der Waals surface area contributed by atoms with Crippen molar-refractivity contribution in [2.24, 2.45) is 0 Å². The molecule has 0 bridgehead atoms. The van der Waals surface area contributed by atoms with Crippen molar-refractivity contribution in [2.45, 2.75) is 188 Å². The molecule has 0 aliphatic carbocycles. The van der Waals surface area contributed by atoms with Gasteiger partial charge >= 0.3 is 11.9 Å². The lowest BCUT2D eigenvalue weighted by Gasteiger charge is -2.18. The van der Waals surface area contributed by atoms with E-state index in [1.807, 2.05) is 0 Å². The van der Waals surface area contributed by atoms with Gasteiger partial charge in [0.2, 0.25) is 0 Å². The molecule has 0 atom stereocenters. The Labute approximate surface area is 237 Å². The largest absolute Gasteiger partial charge is 0.462 e. The molecule has 0 rings (SSSR count). The first kappa shape index (κ1) is 36.9. The molecule has 0 radical (unpaired) electrons. The lowest BCUT2D eigenvalue weighted by Crippen LogP contribution is -2.21. The van der Waals surface area contributed by atoms with Gasteiger partial charge in [-0.05, 0) is 83.7 Å². The van der Waals surface area contributed by atoms with Crippen LogP contribution in [0.1, 0.15) is 175 Å². The molecule has 0 heterocycles. The average molecular weight is 540 g/mol. The summed E-state index contributed by atoms with van der Waals surface area (Å²) in [6, 6.07) is 0. The highest BCUT2D eigenvalue weighted by molar-refractivity contribution is 5.69. The monoisotopic (exact) mass is 539 g/mol. The highest BCUT2D eigenvalue weighted by Crippen LogP contribution is 2.17. The molecule has 0 saturated heterocycles. The van der Waals surface area contributed by atoms with Crippen molar-refractivity contribution < 1.29 is 19.1 Å². The van der Waals surface area contributed by atoms with Gasteiger partial charge < -0.3 is 14.8 Å². The van der Waals surface area contributed by atoms with Crippen LogP contribution in [0, 0.1) is 0 Å². The van der Waals surface area contributed by atoms with E-state index < -0.39 is 0 Å². The maximum atomic E-state index is 12.4. The number of carbonyl (C=O) groups excluding carboxylic acids is 2. The molecule has 5 heteroatoms. The summed E-state index contributed by atoms with van der Waals surface area (Å²) in [6.45, 7) is 10.6. The molecule has 226 valence electrons. The Kier molecular flexibility index (Phi) is 28.1. The first-order chi connectivity index (χ1) is 18.6. The normalized spacial score (nSPS) is 11.4. The smallest absolute Gasteiger partial charge is 0.306 e. The summed E-state index contributed by atoms with van der Waals surface area (Å²) in [5.41, 5.74) is 0. The van der Waals surface area contributed by atoms with Gasteiger partial charge in [-0.2, -0.15) is 0 Å². The molecule has 5 nitrogen and oxygen atoms in total. The molecule has 0 aromatic rings. The molecule has 0 aromatic carbocycles. The standard InChI is InChI=1S/C33H65NO4/c1-5-9-13-17-24-31(25-18-14-10-6-2)38-33(36)27-21-29-34-28-20-19-26-32(35)37-30(22-15-11-7-3)23-16-12-8-4/h30-31,34H,5-29H2,1-4H3. The molecule has 0 fully saturated rings. The molecule has 0 spiro atoms. The first-order valence-corrected chi connectivity index (χ1v) is 16.7. The molecule has 0 saturated carbocycles. The third-order valence-corrected chi connectivity index (χ3v) is 7.33. The average Bonchev–Trinajstić information content (AvgIpc) is 2.90. The van der Waals surface area contributed by atoms with Crippen LogP contribution >= 0.6 is 0 Å². The number of esters is 2. The predicted molar refractivity (Wildman–Crippen MR) is 162 cm³/mol. The van der Waals surface area contributed by atoms with Crippen molar-refractivity contribution in [3.05, 3.63) is 0 Å². The zero-order chi connectivity index (χ0) is 28.1. The van der Waals surface area contributed by atoms with Gasteiger partial charge in [0.25, 0.3) is 0 Å². The molecule has 0 aliphatic rings. The summed E-state index contributed by atoms with van der Waals surface area (Å²) in [5, 5.41) is 3.41. The Morgan fingerprint density at radius 1 is 0.474 bits per heavy atom. The van der Waals surface area contributed by atoms with Crippen LogP contribution in [0.5, 0.6) is 0 Å². The highest BCUT2D eigenvalue weighted by Gasteiger charge is 2.15. The Bertz CT molecular complexity index is 503. The zero-order valence-electron chi connectivity index (χ0n) is 26.0. The highest BCUT2D eigenvalue weighted by atomic mass is 16.5. The Balaban J connectivity index is 3.98. The van der Waals surface area contributed by atoms with Gasteiger partial charge in [0.1, 0.15) is 12.2 Å². The molecular weight excluding hydrogens is 474 g/mol. The fourth-order valence-electron chi connectivity index (χ4n) is 4.86. The number of unbranched alkanes of at least 4 members (excludes halogenated alkanes) is 11. The lowest BCUT2D eigenvalue weighted by atomic mass is 10.0. The summed E-state index contributed by atoms with van der Waals surface area (Å²) >= 11 is 0. The van der Waals surface area contributed by atoms with Gasteiger partial charge in [0, 0.05) is 12.8 Å². The van der Waals surface area contributed by atoms with Gasteiger partial charge in [-0.3, -0.25) is 9.59 Å². The maximum Gasteiger partial charge on any atom is 0.306 e. The second-order valence-electron chi connectivity index (χ2n) is 11.2. The van der Waals surface area contributed by atoms with Crippen LogP contribution in [-0.4, -0.2) is 37.2 Å². The van der Waals surface area contributed by atoms with Crippen LogP contribution in [0.15, 0.2) is 0 Å². The van der Waals surface area contributed by atoms with Crippen molar-refractivity contribution in [3.63, 3.8) is 0 Å². The van der Waals surface area contributed by atoms with Gasteiger partial charge in [-0.1, -0.05) is 91.9 Å². The van der Waals surface area contributed by atoms with E-state index in [-0.39, 0.29) is 24.1 Å². The second-order valence-corrected chi connectivity index (χ2v) is 11.2. The maximum absolute atomic E-state index is 12.4. The van der Waals surface area contributed by atoms with Gasteiger partial charge in [-0.15, -0.1) is 0 Å². The van der Waals surface area contributed by atoms with Crippen LogP contribution in [0.4, 0.5) is 0 Å². The number of ether oxygens (including phenoxy) is 2. The molecule has 0 amide bonds. The Morgan fingerprint density at radius 2 is 0.842 bits per heavy atom. The molecular formula is C33H65NO4. The van der Waals surface area contributed by atoms with Gasteiger partial charge in [-0.25, -0.2) is 0 Å².